The maximum Gasteiger partial charge on any atom is 0.307 e. The number of aliphatic carboxylic acids is 1. The molecule has 1 amide bonds. The molecule has 3 N–H and O–H groups in total. The number of H-pyrrole nitrogens is 1. The van der Waals surface area contributed by atoms with E-state index in [-0.39, 0.29) is 23.8 Å². The van der Waals surface area contributed by atoms with Crippen molar-refractivity contribution in [1.29, 1.82) is 0 Å². The highest BCUT2D eigenvalue weighted by atomic mass is 16.4. The Labute approximate surface area is 116 Å². The van der Waals surface area contributed by atoms with Gasteiger partial charge in [-0.15, -0.1) is 0 Å². The first-order chi connectivity index (χ1) is 9.58. The molecule has 0 aromatic carbocycles. The average Bonchev–Trinajstić information content (AvgIpc) is 3.13. The van der Waals surface area contributed by atoms with E-state index >= 15 is 0 Å². The molecule has 6 nitrogen and oxygen atoms in total. The smallest absolute Gasteiger partial charge is 0.307 e. The summed E-state index contributed by atoms with van der Waals surface area (Å²) in [6, 6.07) is -0.255. The molecule has 106 valence electrons. The molecule has 5 atom stereocenters. The number of allylic oxidation sites excluding steroid dienone is 2. The standard InChI is InChI=1S/C14H17N3O3/c1-7(12-15-4-5-16-12)17-13(18)10-8-2-3-9(6-8)11(10)14(19)20/h2-5,7-11H,6H2,1H3,(H,15,16)(H,17,18)(H,19,20)/t7?,8?,9?,10-,11+/m0/s1. The number of nitrogens with one attached hydrogen (secondary N) is 2. The Kier molecular flexibility index (Phi) is 3.08. The molecule has 1 fully saturated rings. The Morgan fingerprint density at radius 1 is 1.40 bits per heavy atom. The van der Waals surface area contributed by atoms with Gasteiger partial charge >= 0.3 is 5.97 Å². The summed E-state index contributed by atoms with van der Waals surface area (Å²) >= 11 is 0. The molecule has 3 rings (SSSR count). The number of imidazole rings is 1. The lowest BCUT2D eigenvalue weighted by Crippen LogP contribution is -2.41. The molecule has 0 spiro atoms. The molecular weight excluding hydrogens is 258 g/mol. The molecule has 1 aromatic heterocycles. The number of carboxylic acid groups (broad SMARTS) is 1. The van der Waals surface area contributed by atoms with Crippen LogP contribution in [-0.4, -0.2) is 27.0 Å². The molecule has 2 bridgehead atoms. The summed E-state index contributed by atoms with van der Waals surface area (Å²) in [5, 5.41) is 12.2. The first-order valence-electron chi connectivity index (χ1n) is 6.78. The molecule has 0 aliphatic heterocycles. The minimum absolute atomic E-state index is 0.00725. The topological polar surface area (TPSA) is 95.1 Å². The summed E-state index contributed by atoms with van der Waals surface area (Å²) in [6.07, 6.45) is 8.00. The van der Waals surface area contributed by atoms with E-state index in [9.17, 15) is 14.7 Å². The van der Waals surface area contributed by atoms with Crippen LogP contribution in [-0.2, 0) is 9.59 Å². The van der Waals surface area contributed by atoms with Gasteiger partial charge < -0.3 is 15.4 Å². The van der Waals surface area contributed by atoms with Crippen molar-refractivity contribution >= 4 is 11.9 Å². The highest BCUT2D eigenvalue weighted by Crippen LogP contribution is 2.48. The van der Waals surface area contributed by atoms with Crippen molar-refractivity contribution in [3.63, 3.8) is 0 Å². The highest BCUT2D eigenvalue weighted by molar-refractivity contribution is 5.87. The van der Waals surface area contributed by atoms with E-state index in [1.807, 2.05) is 19.1 Å². The second-order valence-corrected chi connectivity index (χ2v) is 5.54. The molecule has 3 unspecified atom stereocenters. The number of rotatable bonds is 4. The number of aromatic nitrogens is 2. The lowest BCUT2D eigenvalue weighted by Gasteiger charge is -2.25. The van der Waals surface area contributed by atoms with Crippen molar-refractivity contribution in [3.05, 3.63) is 30.4 Å². The highest BCUT2D eigenvalue weighted by Gasteiger charge is 2.51. The van der Waals surface area contributed by atoms with Crippen molar-refractivity contribution in [1.82, 2.24) is 15.3 Å². The fourth-order valence-electron chi connectivity index (χ4n) is 3.41. The van der Waals surface area contributed by atoms with Crippen LogP contribution in [0.5, 0.6) is 0 Å². The lowest BCUT2D eigenvalue weighted by molar-refractivity contribution is -0.148. The monoisotopic (exact) mass is 275 g/mol. The van der Waals surface area contributed by atoms with E-state index in [2.05, 4.69) is 15.3 Å². The fourth-order valence-corrected chi connectivity index (χ4v) is 3.41. The minimum atomic E-state index is -0.882. The predicted octanol–water partition coefficient (Wildman–Crippen LogP) is 1.11. The van der Waals surface area contributed by atoms with Crippen molar-refractivity contribution in [2.45, 2.75) is 19.4 Å². The average molecular weight is 275 g/mol. The number of carboxylic acids is 1. The molecule has 20 heavy (non-hydrogen) atoms. The van der Waals surface area contributed by atoms with Gasteiger partial charge in [0.1, 0.15) is 5.82 Å². The van der Waals surface area contributed by atoms with Crippen molar-refractivity contribution in [3.8, 4) is 0 Å². The quantitative estimate of drug-likeness (QED) is 0.717. The van der Waals surface area contributed by atoms with Crippen molar-refractivity contribution in [2.75, 3.05) is 0 Å². The van der Waals surface area contributed by atoms with Gasteiger partial charge in [-0.05, 0) is 25.2 Å². The molecule has 1 saturated carbocycles. The number of carbonyl (C=O) groups is 2. The third-order valence-electron chi connectivity index (χ3n) is 4.34. The van der Waals surface area contributed by atoms with Crippen LogP contribution in [0.4, 0.5) is 0 Å². The Bertz CT molecular complexity index is 552. The molecule has 2 aliphatic rings. The zero-order valence-electron chi connectivity index (χ0n) is 11.1. The molecule has 2 aliphatic carbocycles. The molecule has 0 saturated heterocycles. The largest absolute Gasteiger partial charge is 0.481 e. The third kappa shape index (κ3) is 2.01. The Hall–Kier alpha value is -2.11. The number of carbonyl (C=O) groups excluding carboxylic acids is 1. The van der Waals surface area contributed by atoms with E-state index in [4.69, 9.17) is 0 Å². The summed E-state index contributed by atoms with van der Waals surface area (Å²) in [5.41, 5.74) is 0. The Morgan fingerprint density at radius 2 is 2.10 bits per heavy atom. The molecular formula is C14H17N3O3. The summed E-state index contributed by atoms with van der Waals surface area (Å²) in [5.74, 6) is -1.44. The van der Waals surface area contributed by atoms with Gasteiger partial charge in [-0.3, -0.25) is 9.59 Å². The van der Waals surface area contributed by atoms with Gasteiger partial charge in [0.25, 0.3) is 0 Å². The third-order valence-corrected chi connectivity index (χ3v) is 4.34. The van der Waals surface area contributed by atoms with Gasteiger partial charge in [-0.1, -0.05) is 12.2 Å². The van der Waals surface area contributed by atoms with Gasteiger partial charge in [0, 0.05) is 12.4 Å². The number of aromatic amines is 1. The number of hydrogen-bond donors (Lipinski definition) is 3. The zero-order valence-corrected chi connectivity index (χ0v) is 11.1. The molecule has 1 heterocycles. The molecule has 6 heteroatoms. The summed E-state index contributed by atoms with van der Waals surface area (Å²) in [7, 11) is 0. The van der Waals surface area contributed by atoms with Crippen molar-refractivity contribution < 1.29 is 14.7 Å². The van der Waals surface area contributed by atoms with Crippen LogP contribution in [0, 0.1) is 23.7 Å². The van der Waals surface area contributed by atoms with Crippen LogP contribution < -0.4 is 5.32 Å². The van der Waals surface area contributed by atoms with Crippen LogP contribution in [0.2, 0.25) is 0 Å². The minimum Gasteiger partial charge on any atom is -0.481 e. The van der Waals surface area contributed by atoms with E-state index in [0.29, 0.717) is 5.82 Å². The summed E-state index contributed by atoms with van der Waals surface area (Å²) in [4.78, 5) is 30.8. The van der Waals surface area contributed by atoms with Gasteiger partial charge in [0.05, 0.1) is 17.9 Å². The Morgan fingerprint density at radius 3 is 2.70 bits per heavy atom. The SMILES string of the molecule is CC(NC(=O)[C@H]1C2C=CC(C2)[C@H]1C(=O)O)c1ncc[nH]1. The number of amides is 1. The molecule has 1 aromatic rings. The van der Waals surface area contributed by atoms with Crippen molar-refractivity contribution in [2.24, 2.45) is 23.7 Å². The Balaban J connectivity index is 1.73. The van der Waals surface area contributed by atoms with Crippen LogP contribution in [0.1, 0.15) is 25.2 Å². The second-order valence-electron chi connectivity index (χ2n) is 5.54. The second kappa shape index (κ2) is 4.77. The van der Waals surface area contributed by atoms with Crippen LogP contribution in [0.25, 0.3) is 0 Å². The number of hydrogen-bond acceptors (Lipinski definition) is 3. The summed E-state index contributed by atoms with van der Waals surface area (Å²) in [6.45, 7) is 1.83. The van der Waals surface area contributed by atoms with Gasteiger partial charge in [0.2, 0.25) is 5.91 Å². The van der Waals surface area contributed by atoms with E-state index < -0.39 is 17.8 Å². The van der Waals surface area contributed by atoms with Gasteiger partial charge in [-0.25, -0.2) is 4.98 Å². The fraction of sp³-hybridized carbons (Fsp3) is 0.500. The number of nitrogens with zero attached hydrogens (tertiary/aromatic N) is 1. The van der Waals surface area contributed by atoms with Gasteiger partial charge in [-0.2, -0.15) is 0 Å². The van der Waals surface area contributed by atoms with Crippen LogP contribution in [0.15, 0.2) is 24.5 Å². The normalized spacial score (nSPS) is 32.2. The predicted molar refractivity (Wildman–Crippen MR) is 70.5 cm³/mol. The first-order valence-corrected chi connectivity index (χ1v) is 6.78. The number of fused-ring (bicyclic) bond motifs is 2. The van der Waals surface area contributed by atoms with Crippen LogP contribution >= 0.6 is 0 Å². The van der Waals surface area contributed by atoms with Crippen LogP contribution in [0.3, 0.4) is 0 Å². The van der Waals surface area contributed by atoms with E-state index in [0.717, 1.165) is 6.42 Å². The maximum atomic E-state index is 12.4. The zero-order chi connectivity index (χ0) is 14.3. The van der Waals surface area contributed by atoms with E-state index in [1.54, 1.807) is 12.4 Å². The molecule has 0 radical (unpaired) electrons. The summed E-state index contributed by atoms with van der Waals surface area (Å²) < 4.78 is 0. The first kappa shape index (κ1) is 12.9. The van der Waals surface area contributed by atoms with Gasteiger partial charge in [0.15, 0.2) is 0 Å². The maximum absolute atomic E-state index is 12.4. The lowest BCUT2D eigenvalue weighted by atomic mass is 9.82. The van der Waals surface area contributed by atoms with E-state index in [1.165, 1.54) is 0 Å².